The highest BCUT2D eigenvalue weighted by molar-refractivity contribution is 5.14. The second-order valence-corrected chi connectivity index (χ2v) is 4.08. The molecule has 0 radical (unpaired) electrons. The summed E-state index contributed by atoms with van der Waals surface area (Å²) < 4.78 is 0. The van der Waals surface area contributed by atoms with Gasteiger partial charge in [-0.05, 0) is 38.3 Å². The van der Waals surface area contributed by atoms with Crippen LogP contribution in [0.1, 0.15) is 25.3 Å². The summed E-state index contributed by atoms with van der Waals surface area (Å²) in [5, 5.41) is 3.37. The van der Waals surface area contributed by atoms with Crippen LogP contribution in [0.4, 0.5) is 0 Å². The largest absolute Gasteiger partial charge is 0.313 e. The zero-order valence-electron chi connectivity index (χ0n) is 9.63. The van der Waals surface area contributed by atoms with Gasteiger partial charge in [-0.25, -0.2) is 0 Å². The van der Waals surface area contributed by atoms with E-state index in [1.54, 1.807) is 0 Å². The van der Waals surface area contributed by atoms with E-state index < -0.39 is 0 Å². The number of unbranched alkanes of at least 4 members (excludes halogenated alkanes) is 1. The van der Waals surface area contributed by atoms with Crippen LogP contribution >= 0.6 is 0 Å². The number of hydrogen-bond acceptors (Lipinski definition) is 1. The lowest BCUT2D eigenvalue weighted by molar-refractivity contribution is 0.647. The third-order valence-corrected chi connectivity index (χ3v) is 2.34. The van der Waals surface area contributed by atoms with E-state index >= 15 is 0 Å². The second-order valence-electron chi connectivity index (χ2n) is 4.08. The van der Waals surface area contributed by atoms with Gasteiger partial charge in [-0.2, -0.15) is 0 Å². The molecule has 82 valence electrons. The second kappa shape index (κ2) is 7.24. The average Bonchev–Trinajstić information content (AvgIpc) is 2.24. The van der Waals surface area contributed by atoms with Gasteiger partial charge in [0.1, 0.15) is 0 Å². The Hall–Kier alpha value is -1.08. The Labute approximate surface area is 93.2 Å². The van der Waals surface area contributed by atoms with Crippen molar-refractivity contribution in [2.75, 3.05) is 13.1 Å². The third-order valence-electron chi connectivity index (χ3n) is 2.34. The highest BCUT2D eigenvalue weighted by atomic mass is 14.8. The number of benzene rings is 1. The van der Waals surface area contributed by atoms with Crippen LogP contribution < -0.4 is 5.32 Å². The maximum Gasteiger partial charge on any atom is 0.0159 e. The van der Waals surface area contributed by atoms with Gasteiger partial charge >= 0.3 is 0 Å². The molecule has 0 amide bonds. The molecule has 0 unspecified atom stereocenters. The quantitative estimate of drug-likeness (QED) is 0.530. The predicted molar refractivity (Wildman–Crippen MR) is 67.1 cm³/mol. The van der Waals surface area contributed by atoms with E-state index in [0.29, 0.717) is 0 Å². The molecule has 0 atom stereocenters. The van der Waals surface area contributed by atoms with Gasteiger partial charge < -0.3 is 5.32 Å². The zero-order chi connectivity index (χ0) is 10.9. The molecule has 1 rings (SSSR count). The number of aryl methyl sites for hydroxylation is 1. The van der Waals surface area contributed by atoms with Crippen molar-refractivity contribution in [3.05, 3.63) is 48.0 Å². The number of rotatable bonds is 7. The Kier molecular flexibility index (Phi) is 5.79. The van der Waals surface area contributed by atoms with Crippen molar-refractivity contribution >= 4 is 0 Å². The maximum absolute atomic E-state index is 3.86. The van der Waals surface area contributed by atoms with Crippen molar-refractivity contribution in [2.45, 2.75) is 26.2 Å². The highest BCUT2D eigenvalue weighted by Crippen LogP contribution is 2.03. The standard InChI is InChI=1S/C14H21N/c1-13(2)12-15-11-7-6-10-14-8-4-3-5-9-14/h3-5,8-9,15H,1,6-7,10-12H2,2H3. The molecule has 0 aliphatic heterocycles. The smallest absolute Gasteiger partial charge is 0.0159 e. The van der Waals surface area contributed by atoms with Gasteiger partial charge in [0.25, 0.3) is 0 Å². The molecule has 15 heavy (non-hydrogen) atoms. The fourth-order valence-electron chi connectivity index (χ4n) is 1.53. The van der Waals surface area contributed by atoms with Gasteiger partial charge in [0.15, 0.2) is 0 Å². The summed E-state index contributed by atoms with van der Waals surface area (Å²) in [6, 6.07) is 10.7. The van der Waals surface area contributed by atoms with E-state index in [-0.39, 0.29) is 0 Å². The molecule has 0 saturated carbocycles. The molecule has 1 nitrogen and oxygen atoms in total. The fraction of sp³-hybridized carbons (Fsp3) is 0.429. The molecule has 1 N–H and O–H groups in total. The van der Waals surface area contributed by atoms with Crippen LogP contribution in [0.25, 0.3) is 0 Å². The van der Waals surface area contributed by atoms with Crippen LogP contribution in [0, 0.1) is 0 Å². The molecule has 1 aromatic rings. The number of hydrogen-bond donors (Lipinski definition) is 1. The lowest BCUT2D eigenvalue weighted by atomic mass is 10.1. The van der Waals surface area contributed by atoms with E-state index in [1.165, 1.54) is 30.4 Å². The van der Waals surface area contributed by atoms with Crippen LogP contribution in [-0.2, 0) is 6.42 Å². The van der Waals surface area contributed by atoms with E-state index in [4.69, 9.17) is 0 Å². The minimum Gasteiger partial charge on any atom is -0.313 e. The van der Waals surface area contributed by atoms with E-state index in [1.807, 2.05) is 0 Å². The Morgan fingerprint density at radius 1 is 1.20 bits per heavy atom. The van der Waals surface area contributed by atoms with Crippen LogP contribution in [-0.4, -0.2) is 13.1 Å². The van der Waals surface area contributed by atoms with E-state index in [2.05, 4.69) is 49.2 Å². The van der Waals surface area contributed by atoms with Crippen LogP contribution in [0.2, 0.25) is 0 Å². The summed E-state index contributed by atoms with van der Waals surface area (Å²) in [5.41, 5.74) is 2.65. The summed E-state index contributed by atoms with van der Waals surface area (Å²) in [4.78, 5) is 0. The molecule has 0 fully saturated rings. The molecule has 0 saturated heterocycles. The van der Waals surface area contributed by atoms with Crippen molar-refractivity contribution in [3.8, 4) is 0 Å². The maximum atomic E-state index is 3.86. The number of nitrogens with one attached hydrogen (secondary N) is 1. The van der Waals surface area contributed by atoms with Crippen LogP contribution in [0.5, 0.6) is 0 Å². The normalized spacial score (nSPS) is 10.2. The minimum absolute atomic E-state index is 0.950. The topological polar surface area (TPSA) is 12.0 Å². The molecule has 0 aromatic heterocycles. The Morgan fingerprint density at radius 2 is 1.93 bits per heavy atom. The van der Waals surface area contributed by atoms with Crippen LogP contribution in [0.3, 0.4) is 0 Å². The summed E-state index contributed by atoms with van der Waals surface area (Å²) >= 11 is 0. The van der Waals surface area contributed by atoms with Crippen LogP contribution in [0.15, 0.2) is 42.5 Å². The van der Waals surface area contributed by atoms with Crippen molar-refractivity contribution in [2.24, 2.45) is 0 Å². The summed E-state index contributed by atoms with van der Waals surface area (Å²) in [5.74, 6) is 0. The monoisotopic (exact) mass is 203 g/mol. The van der Waals surface area contributed by atoms with Gasteiger partial charge in [0.05, 0.1) is 0 Å². The Morgan fingerprint density at radius 3 is 2.60 bits per heavy atom. The average molecular weight is 203 g/mol. The first-order valence-corrected chi connectivity index (χ1v) is 5.68. The summed E-state index contributed by atoms with van der Waals surface area (Å²) in [6.45, 7) is 7.96. The first-order valence-electron chi connectivity index (χ1n) is 5.68. The first-order chi connectivity index (χ1) is 7.29. The molecule has 1 heteroatoms. The van der Waals surface area contributed by atoms with Gasteiger partial charge in [-0.3, -0.25) is 0 Å². The summed E-state index contributed by atoms with van der Waals surface area (Å²) in [6.07, 6.45) is 3.69. The minimum atomic E-state index is 0.950. The van der Waals surface area contributed by atoms with Crippen molar-refractivity contribution in [1.82, 2.24) is 5.32 Å². The zero-order valence-corrected chi connectivity index (χ0v) is 9.63. The molecule has 0 bridgehead atoms. The Bertz CT molecular complexity index is 277. The predicted octanol–water partition coefficient (Wildman–Crippen LogP) is 3.18. The molecular formula is C14H21N. The first kappa shape index (κ1) is 12.0. The van der Waals surface area contributed by atoms with Crippen molar-refractivity contribution < 1.29 is 0 Å². The highest BCUT2D eigenvalue weighted by Gasteiger charge is 1.92. The molecule has 0 heterocycles. The van der Waals surface area contributed by atoms with E-state index in [9.17, 15) is 0 Å². The molecule has 1 aromatic carbocycles. The molecule has 0 aliphatic rings. The van der Waals surface area contributed by atoms with Crippen molar-refractivity contribution in [1.29, 1.82) is 0 Å². The molecule has 0 spiro atoms. The van der Waals surface area contributed by atoms with Gasteiger partial charge in [-0.1, -0.05) is 42.5 Å². The van der Waals surface area contributed by atoms with E-state index in [0.717, 1.165) is 13.1 Å². The molecule has 0 aliphatic carbocycles. The SMILES string of the molecule is C=C(C)CNCCCCc1ccccc1. The lowest BCUT2D eigenvalue weighted by Gasteiger charge is -2.04. The van der Waals surface area contributed by atoms with Gasteiger partial charge in [0, 0.05) is 6.54 Å². The van der Waals surface area contributed by atoms with Gasteiger partial charge in [-0.15, -0.1) is 0 Å². The Balaban J connectivity index is 2.00. The fourth-order valence-corrected chi connectivity index (χ4v) is 1.53. The van der Waals surface area contributed by atoms with Crippen molar-refractivity contribution in [3.63, 3.8) is 0 Å². The van der Waals surface area contributed by atoms with Gasteiger partial charge in [0.2, 0.25) is 0 Å². The molecular weight excluding hydrogens is 182 g/mol. The summed E-state index contributed by atoms with van der Waals surface area (Å²) in [7, 11) is 0. The lowest BCUT2D eigenvalue weighted by Crippen LogP contribution is -2.17. The third kappa shape index (κ3) is 6.08.